The molecule has 1 heterocycles. The van der Waals surface area contributed by atoms with Crippen LogP contribution in [0.3, 0.4) is 0 Å². The molecule has 21 heavy (non-hydrogen) atoms. The van der Waals surface area contributed by atoms with Crippen LogP contribution in [-0.2, 0) is 6.42 Å². The predicted octanol–water partition coefficient (Wildman–Crippen LogP) is 4.42. The standard InChI is InChI=1S/C17H25N3S/c1-3-5-17-19-15-10-12(18)6-9-16(15)20(17)13-7-8-14(11-13)21-4-2/h6,9-10,13-14H,3-5,7-8,11,18H2,1-2H3. The van der Waals surface area contributed by atoms with Crippen molar-refractivity contribution in [1.29, 1.82) is 0 Å². The summed E-state index contributed by atoms with van der Waals surface area (Å²) >= 11 is 2.11. The molecule has 0 saturated heterocycles. The molecule has 1 aromatic carbocycles. The van der Waals surface area contributed by atoms with E-state index in [-0.39, 0.29) is 0 Å². The Hall–Kier alpha value is -1.16. The largest absolute Gasteiger partial charge is 0.399 e. The number of hydrogen-bond acceptors (Lipinski definition) is 3. The van der Waals surface area contributed by atoms with Gasteiger partial charge >= 0.3 is 0 Å². The maximum atomic E-state index is 5.92. The maximum absolute atomic E-state index is 5.92. The Labute approximate surface area is 131 Å². The van der Waals surface area contributed by atoms with Gasteiger partial charge in [-0.25, -0.2) is 4.98 Å². The van der Waals surface area contributed by atoms with Gasteiger partial charge in [-0.3, -0.25) is 0 Å². The number of nitrogen functional groups attached to an aromatic ring is 1. The van der Waals surface area contributed by atoms with Crippen LogP contribution in [0, 0.1) is 0 Å². The Kier molecular flexibility index (Phi) is 4.43. The van der Waals surface area contributed by atoms with Gasteiger partial charge in [0, 0.05) is 23.4 Å². The number of nitrogens with zero attached hydrogens (tertiary/aromatic N) is 2. The summed E-state index contributed by atoms with van der Waals surface area (Å²) in [4.78, 5) is 4.86. The SMILES string of the molecule is CCCc1nc2cc(N)ccc2n1C1CCC(SCC)C1. The van der Waals surface area contributed by atoms with E-state index < -0.39 is 0 Å². The second-order valence-electron chi connectivity index (χ2n) is 5.94. The number of nitrogens with two attached hydrogens (primary N) is 1. The van der Waals surface area contributed by atoms with E-state index >= 15 is 0 Å². The molecule has 1 saturated carbocycles. The number of rotatable bonds is 5. The Morgan fingerprint density at radius 2 is 2.19 bits per heavy atom. The summed E-state index contributed by atoms with van der Waals surface area (Å²) in [5, 5.41) is 0.820. The number of anilines is 1. The minimum absolute atomic E-state index is 0.615. The molecular formula is C17H25N3S. The number of aromatic nitrogens is 2. The lowest BCUT2D eigenvalue weighted by Crippen LogP contribution is -2.10. The average Bonchev–Trinajstić information content (AvgIpc) is 3.03. The molecule has 0 amide bonds. The average molecular weight is 303 g/mol. The molecule has 114 valence electrons. The van der Waals surface area contributed by atoms with Gasteiger partial charge in [-0.15, -0.1) is 0 Å². The van der Waals surface area contributed by atoms with Gasteiger partial charge in [0.15, 0.2) is 0 Å². The molecule has 2 N–H and O–H groups in total. The first-order valence-electron chi connectivity index (χ1n) is 8.10. The highest BCUT2D eigenvalue weighted by atomic mass is 32.2. The van der Waals surface area contributed by atoms with E-state index in [0.29, 0.717) is 6.04 Å². The zero-order valence-corrected chi connectivity index (χ0v) is 13.8. The van der Waals surface area contributed by atoms with Gasteiger partial charge in [-0.2, -0.15) is 11.8 Å². The number of imidazole rings is 1. The number of hydrogen-bond donors (Lipinski definition) is 1. The van der Waals surface area contributed by atoms with Crippen LogP contribution in [0.5, 0.6) is 0 Å². The molecule has 2 aromatic rings. The molecular weight excluding hydrogens is 278 g/mol. The molecule has 1 aliphatic rings. The lowest BCUT2D eigenvalue weighted by atomic mass is 10.2. The molecule has 0 radical (unpaired) electrons. The number of thioether (sulfide) groups is 1. The van der Waals surface area contributed by atoms with Crippen molar-refractivity contribution in [2.24, 2.45) is 0 Å². The molecule has 1 fully saturated rings. The van der Waals surface area contributed by atoms with Gasteiger partial charge in [0.1, 0.15) is 5.82 Å². The predicted molar refractivity (Wildman–Crippen MR) is 92.9 cm³/mol. The molecule has 4 heteroatoms. The molecule has 3 rings (SSSR count). The van der Waals surface area contributed by atoms with Gasteiger partial charge in [0.2, 0.25) is 0 Å². The van der Waals surface area contributed by atoms with Crippen molar-refractivity contribution in [2.45, 2.75) is 57.2 Å². The Morgan fingerprint density at radius 3 is 2.95 bits per heavy atom. The molecule has 1 aliphatic carbocycles. The van der Waals surface area contributed by atoms with Crippen LogP contribution in [0.2, 0.25) is 0 Å². The zero-order valence-electron chi connectivity index (χ0n) is 13.0. The van der Waals surface area contributed by atoms with Crippen LogP contribution in [-0.4, -0.2) is 20.6 Å². The van der Waals surface area contributed by atoms with Crippen molar-refractivity contribution in [2.75, 3.05) is 11.5 Å². The van der Waals surface area contributed by atoms with Crippen LogP contribution >= 0.6 is 11.8 Å². The molecule has 0 spiro atoms. The van der Waals surface area contributed by atoms with Crippen LogP contribution in [0.15, 0.2) is 18.2 Å². The van der Waals surface area contributed by atoms with Crippen molar-refractivity contribution in [3.05, 3.63) is 24.0 Å². The first kappa shape index (κ1) is 14.8. The molecule has 2 unspecified atom stereocenters. The summed E-state index contributed by atoms with van der Waals surface area (Å²) in [5.74, 6) is 2.46. The third kappa shape index (κ3) is 2.91. The Bertz CT molecular complexity index is 620. The summed E-state index contributed by atoms with van der Waals surface area (Å²) < 4.78 is 2.51. The highest BCUT2D eigenvalue weighted by Crippen LogP contribution is 2.39. The summed E-state index contributed by atoms with van der Waals surface area (Å²) in [6.45, 7) is 4.48. The summed E-state index contributed by atoms with van der Waals surface area (Å²) in [6, 6.07) is 6.78. The monoisotopic (exact) mass is 303 g/mol. The fraction of sp³-hybridized carbons (Fsp3) is 0.588. The smallest absolute Gasteiger partial charge is 0.110 e. The van der Waals surface area contributed by atoms with Crippen LogP contribution in [0.4, 0.5) is 5.69 Å². The van der Waals surface area contributed by atoms with E-state index in [4.69, 9.17) is 10.7 Å². The van der Waals surface area contributed by atoms with E-state index in [0.717, 1.165) is 29.3 Å². The van der Waals surface area contributed by atoms with Gasteiger partial charge < -0.3 is 10.3 Å². The topological polar surface area (TPSA) is 43.8 Å². The van der Waals surface area contributed by atoms with E-state index in [1.54, 1.807) is 0 Å². The van der Waals surface area contributed by atoms with E-state index in [9.17, 15) is 0 Å². The van der Waals surface area contributed by atoms with Gasteiger partial charge in [-0.05, 0) is 49.6 Å². The second-order valence-corrected chi connectivity index (χ2v) is 7.52. The maximum Gasteiger partial charge on any atom is 0.110 e. The van der Waals surface area contributed by atoms with E-state index in [2.05, 4.69) is 36.2 Å². The zero-order chi connectivity index (χ0) is 14.8. The van der Waals surface area contributed by atoms with Gasteiger partial charge in [0.25, 0.3) is 0 Å². The molecule has 0 aliphatic heterocycles. The normalized spacial score (nSPS) is 22.2. The minimum Gasteiger partial charge on any atom is -0.399 e. The highest BCUT2D eigenvalue weighted by molar-refractivity contribution is 7.99. The van der Waals surface area contributed by atoms with Crippen molar-refractivity contribution in [1.82, 2.24) is 9.55 Å². The van der Waals surface area contributed by atoms with Crippen LogP contribution in [0.25, 0.3) is 11.0 Å². The third-order valence-corrected chi connectivity index (χ3v) is 5.62. The molecule has 0 bridgehead atoms. The number of fused-ring (bicyclic) bond motifs is 1. The lowest BCUT2D eigenvalue weighted by Gasteiger charge is -2.17. The van der Waals surface area contributed by atoms with Gasteiger partial charge in [0.05, 0.1) is 11.0 Å². The number of aryl methyl sites for hydroxylation is 1. The number of benzene rings is 1. The fourth-order valence-electron chi connectivity index (χ4n) is 3.51. The minimum atomic E-state index is 0.615. The van der Waals surface area contributed by atoms with Crippen molar-refractivity contribution >= 4 is 28.5 Å². The van der Waals surface area contributed by atoms with Crippen LogP contribution in [0.1, 0.15) is 51.4 Å². The summed E-state index contributed by atoms with van der Waals surface area (Å²) in [7, 11) is 0. The van der Waals surface area contributed by atoms with Crippen molar-refractivity contribution in [3.8, 4) is 0 Å². The Morgan fingerprint density at radius 1 is 1.33 bits per heavy atom. The fourth-order valence-corrected chi connectivity index (χ4v) is 4.64. The Balaban J connectivity index is 1.97. The quantitative estimate of drug-likeness (QED) is 0.832. The molecule has 1 aromatic heterocycles. The molecule has 3 nitrogen and oxygen atoms in total. The first-order valence-corrected chi connectivity index (χ1v) is 9.15. The van der Waals surface area contributed by atoms with Crippen LogP contribution < -0.4 is 5.73 Å². The van der Waals surface area contributed by atoms with E-state index in [1.807, 2.05) is 12.1 Å². The summed E-state index contributed by atoms with van der Waals surface area (Å²) in [5.41, 5.74) is 9.05. The first-order chi connectivity index (χ1) is 10.2. The van der Waals surface area contributed by atoms with E-state index in [1.165, 1.54) is 36.4 Å². The molecule has 2 atom stereocenters. The third-order valence-electron chi connectivity index (χ3n) is 4.38. The lowest BCUT2D eigenvalue weighted by molar-refractivity contribution is 0.509. The summed E-state index contributed by atoms with van der Waals surface area (Å²) in [6.07, 6.45) is 6.09. The highest BCUT2D eigenvalue weighted by Gasteiger charge is 2.28. The van der Waals surface area contributed by atoms with Crippen molar-refractivity contribution < 1.29 is 0 Å². The van der Waals surface area contributed by atoms with Crippen molar-refractivity contribution in [3.63, 3.8) is 0 Å². The van der Waals surface area contributed by atoms with Gasteiger partial charge in [-0.1, -0.05) is 13.8 Å². The second kappa shape index (κ2) is 6.30.